The lowest BCUT2D eigenvalue weighted by Gasteiger charge is -2.55. The minimum absolute atomic E-state index is 0.270. The van der Waals surface area contributed by atoms with Gasteiger partial charge in [0.05, 0.1) is 0 Å². The molecule has 6 atom stereocenters. The molecule has 2 heteroatoms. The van der Waals surface area contributed by atoms with Gasteiger partial charge >= 0.3 is 0 Å². The van der Waals surface area contributed by atoms with Gasteiger partial charge in [0.15, 0.2) is 5.78 Å². The van der Waals surface area contributed by atoms with Crippen molar-refractivity contribution in [1.29, 1.82) is 0 Å². The van der Waals surface area contributed by atoms with E-state index in [1.165, 1.54) is 25.7 Å². The van der Waals surface area contributed by atoms with Gasteiger partial charge in [-0.1, -0.05) is 19.9 Å². The molecule has 20 heavy (non-hydrogen) atoms. The number of aldehydes is 1. The van der Waals surface area contributed by atoms with E-state index in [9.17, 15) is 9.59 Å². The summed E-state index contributed by atoms with van der Waals surface area (Å²) in [6.45, 7) is 4.61. The third kappa shape index (κ3) is 1.31. The molecule has 5 rings (SSSR count). The van der Waals surface area contributed by atoms with Crippen molar-refractivity contribution in [1.82, 2.24) is 0 Å². The van der Waals surface area contributed by atoms with Crippen molar-refractivity contribution in [3.8, 4) is 0 Å². The van der Waals surface area contributed by atoms with Gasteiger partial charge in [-0.05, 0) is 66.8 Å². The zero-order chi connectivity index (χ0) is 14.2. The summed E-state index contributed by atoms with van der Waals surface area (Å²) in [4.78, 5) is 23.4. The summed E-state index contributed by atoms with van der Waals surface area (Å²) in [6.07, 6.45) is 11.6. The molecule has 0 saturated heterocycles. The van der Waals surface area contributed by atoms with Gasteiger partial charge in [0.2, 0.25) is 0 Å². The van der Waals surface area contributed by atoms with Crippen LogP contribution in [0.2, 0.25) is 0 Å². The van der Waals surface area contributed by atoms with Crippen LogP contribution in [0.15, 0.2) is 12.2 Å². The highest BCUT2D eigenvalue weighted by Crippen LogP contribution is 2.76. The van der Waals surface area contributed by atoms with Crippen molar-refractivity contribution in [2.75, 3.05) is 0 Å². The van der Waals surface area contributed by atoms with Gasteiger partial charge in [0, 0.05) is 11.8 Å². The molecule has 0 amide bonds. The van der Waals surface area contributed by atoms with Crippen LogP contribution in [0, 0.1) is 34.0 Å². The Bertz CT molecular complexity index is 522. The first-order valence-electron chi connectivity index (χ1n) is 8.11. The maximum absolute atomic E-state index is 12.6. The third-order valence-corrected chi connectivity index (χ3v) is 7.35. The van der Waals surface area contributed by atoms with E-state index in [1.54, 1.807) is 0 Å². The summed E-state index contributed by atoms with van der Waals surface area (Å²) < 4.78 is 0. The van der Waals surface area contributed by atoms with Crippen LogP contribution in [0.4, 0.5) is 0 Å². The van der Waals surface area contributed by atoms with E-state index in [-0.39, 0.29) is 16.6 Å². The fourth-order valence-electron chi connectivity index (χ4n) is 6.90. The molecule has 0 N–H and O–H groups in total. The SMILES string of the molecule is CC12CC3CC1CC1(C=CC(=O)[C@@](C)(CCC=O)C31)C2. The van der Waals surface area contributed by atoms with Crippen LogP contribution in [-0.2, 0) is 9.59 Å². The normalized spacial score (nSPS) is 55.3. The predicted octanol–water partition coefficient (Wildman–Crippen LogP) is 3.55. The molecule has 4 bridgehead atoms. The van der Waals surface area contributed by atoms with Crippen molar-refractivity contribution >= 4 is 12.1 Å². The van der Waals surface area contributed by atoms with Crippen LogP contribution >= 0.6 is 0 Å². The van der Waals surface area contributed by atoms with Gasteiger partial charge in [-0.3, -0.25) is 4.79 Å². The predicted molar refractivity (Wildman–Crippen MR) is 77.0 cm³/mol. The van der Waals surface area contributed by atoms with Crippen molar-refractivity contribution in [2.45, 2.75) is 52.4 Å². The molecule has 108 valence electrons. The zero-order valence-electron chi connectivity index (χ0n) is 12.5. The molecule has 4 fully saturated rings. The Hall–Kier alpha value is -0.920. The van der Waals surface area contributed by atoms with Crippen LogP contribution in [0.3, 0.4) is 0 Å². The van der Waals surface area contributed by atoms with Gasteiger partial charge in [-0.25, -0.2) is 0 Å². The average molecular weight is 272 g/mol. The minimum atomic E-state index is -0.295. The summed E-state index contributed by atoms with van der Waals surface area (Å²) in [5.41, 5.74) is 0.501. The molecule has 5 aliphatic carbocycles. The second kappa shape index (κ2) is 3.64. The Balaban J connectivity index is 1.80. The van der Waals surface area contributed by atoms with E-state index in [2.05, 4.69) is 19.9 Å². The Labute approximate surface area is 121 Å². The van der Waals surface area contributed by atoms with E-state index in [4.69, 9.17) is 0 Å². The maximum Gasteiger partial charge on any atom is 0.161 e. The second-order valence-corrected chi connectivity index (χ2v) is 8.46. The smallest absolute Gasteiger partial charge is 0.161 e. The fraction of sp³-hybridized carbons (Fsp3) is 0.778. The molecule has 0 radical (unpaired) electrons. The topological polar surface area (TPSA) is 34.1 Å². The molecule has 4 saturated carbocycles. The highest BCUT2D eigenvalue weighted by atomic mass is 16.1. The lowest BCUT2D eigenvalue weighted by molar-refractivity contribution is -0.137. The Kier molecular flexibility index (Phi) is 2.33. The summed E-state index contributed by atoms with van der Waals surface area (Å²) in [5.74, 6) is 2.34. The van der Waals surface area contributed by atoms with Gasteiger partial charge in [-0.2, -0.15) is 0 Å². The lowest BCUT2D eigenvalue weighted by atomic mass is 9.47. The van der Waals surface area contributed by atoms with E-state index in [1.807, 2.05) is 6.08 Å². The Morgan fingerprint density at radius 2 is 2.15 bits per heavy atom. The first kappa shape index (κ1) is 12.8. The van der Waals surface area contributed by atoms with E-state index >= 15 is 0 Å². The standard InChI is InChI=1S/C18H24O2/c1-16-9-12-8-13(16)10-18(11-16)6-4-14(20)17(2,15(12)18)5-3-7-19/h4,6-7,12-13,15H,3,5,8-11H2,1-2H3/t12?,13?,15?,16?,17-,18?/m1/s1. The minimum Gasteiger partial charge on any atom is -0.303 e. The van der Waals surface area contributed by atoms with Gasteiger partial charge < -0.3 is 4.79 Å². The molecule has 0 aromatic carbocycles. The molecule has 0 heterocycles. The molecule has 5 aliphatic rings. The summed E-state index contributed by atoms with van der Waals surface area (Å²) in [6, 6.07) is 0. The van der Waals surface area contributed by atoms with E-state index < -0.39 is 0 Å². The van der Waals surface area contributed by atoms with Crippen LogP contribution in [0.5, 0.6) is 0 Å². The first-order valence-corrected chi connectivity index (χ1v) is 8.11. The van der Waals surface area contributed by atoms with Gasteiger partial charge in [-0.15, -0.1) is 0 Å². The van der Waals surface area contributed by atoms with Crippen LogP contribution in [0.25, 0.3) is 0 Å². The molecule has 2 nitrogen and oxygen atoms in total. The molecular formula is C18H24O2. The molecule has 5 unspecified atom stereocenters. The number of hydrogen-bond donors (Lipinski definition) is 0. The quantitative estimate of drug-likeness (QED) is 0.736. The Morgan fingerprint density at radius 3 is 2.85 bits per heavy atom. The van der Waals surface area contributed by atoms with Gasteiger partial charge in [0.1, 0.15) is 6.29 Å². The zero-order valence-corrected chi connectivity index (χ0v) is 12.5. The van der Waals surface area contributed by atoms with E-state index in [0.29, 0.717) is 23.7 Å². The molecule has 0 aromatic rings. The lowest BCUT2D eigenvalue weighted by Crippen LogP contribution is -2.53. The number of carbonyl (C=O) groups is 2. The van der Waals surface area contributed by atoms with Crippen LogP contribution in [0.1, 0.15) is 52.4 Å². The third-order valence-electron chi connectivity index (χ3n) is 7.35. The largest absolute Gasteiger partial charge is 0.303 e. The van der Waals surface area contributed by atoms with E-state index in [0.717, 1.165) is 18.6 Å². The monoisotopic (exact) mass is 272 g/mol. The second-order valence-electron chi connectivity index (χ2n) is 8.46. The summed E-state index contributed by atoms with van der Waals surface area (Å²) in [5, 5.41) is 0. The number of hydrogen-bond acceptors (Lipinski definition) is 2. The highest BCUT2D eigenvalue weighted by Gasteiger charge is 2.70. The van der Waals surface area contributed by atoms with Crippen molar-refractivity contribution < 1.29 is 9.59 Å². The fourth-order valence-corrected chi connectivity index (χ4v) is 6.90. The number of rotatable bonds is 3. The molecule has 0 aliphatic heterocycles. The van der Waals surface area contributed by atoms with Crippen molar-refractivity contribution in [3.05, 3.63) is 12.2 Å². The Morgan fingerprint density at radius 1 is 1.35 bits per heavy atom. The summed E-state index contributed by atoms with van der Waals surface area (Å²) >= 11 is 0. The van der Waals surface area contributed by atoms with Crippen LogP contribution in [-0.4, -0.2) is 12.1 Å². The summed E-state index contributed by atoms with van der Waals surface area (Å²) in [7, 11) is 0. The molecular weight excluding hydrogens is 248 g/mol. The number of ketones is 1. The average Bonchev–Trinajstić information content (AvgIpc) is 2.75. The first-order chi connectivity index (χ1) is 9.44. The number of carbonyl (C=O) groups excluding carboxylic acids is 2. The number of allylic oxidation sites excluding steroid dienone is 2. The van der Waals surface area contributed by atoms with Gasteiger partial charge in [0.25, 0.3) is 0 Å². The molecule has 1 spiro atoms. The van der Waals surface area contributed by atoms with Crippen molar-refractivity contribution in [2.24, 2.45) is 34.0 Å². The molecule has 0 aromatic heterocycles. The van der Waals surface area contributed by atoms with Crippen LogP contribution < -0.4 is 0 Å². The maximum atomic E-state index is 12.6. The highest BCUT2D eigenvalue weighted by molar-refractivity contribution is 5.96. The van der Waals surface area contributed by atoms with Crippen molar-refractivity contribution in [3.63, 3.8) is 0 Å².